The number of hydrogen-bond donors (Lipinski definition) is 2. The summed E-state index contributed by atoms with van der Waals surface area (Å²) in [6.45, 7) is 14.0. The lowest BCUT2D eigenvalue weighted by molar-refractivity contribution is 0.268. The molecule has 0 amide bonds. The number of rotatable bonds is 6. The van der Waals surface area contributed by atoms with Crippen molar-refractivity contribution in [2.75, 3.05) is 11.5 Å². The van der Waals surface area contributed by atoms with E-state index in [1.807, 2.05) is 61.4 Å². The summed E-state index contributed by atoms with van der Waals surface area (Å²) in [7, 11) is -0.406. The Hall–Kier alpha value is -2.74. The van der Waals surface area contributed by atoms with Gasteiger partial charge < -0.3 is 25.2 Å². The average Bonchev–Trinajstić information content (AvgIpc) is 3.83. The summed E-state index contributed by atoms with van der Waals surface area (Å²) in [5.41, 5.74) is 18.1. The van der Waals surface area contributed by atoms with Gasteiger partial charge in [0.25, 0.3) is 0 Å². The molecular weight excluding hydrogens is 707 g/mol. The Kier molecular flexibility index (Phi) is 13.1. The van der Waals surface area contributed by atoms with Crippen molar-refractivity contribution in [3.63, 3.8) is 0 Å². The van der Waals surface area contributed by atoms with Crippen LogP contribution in [-0.2, 0) is 26.8 Å². The highest BCUT2D eigenvalue weighted by molar-refractivity contribution is 6.72. The summed E-state index contributed by atoms with van der Waals surface area (Å²) in [5.74, 6) is 0. The largest absolute Gasteiger partial charge is 0.453 e. The third-order valence-corrected chi connectivity index (χ3v) is 10.6. The summed E-state index contributed by atoms with van der Waals surface area (Å²) in [5, 5.41) is 9.98. The number of nitrogens with zero attached hydrogens (tertiary/aromatic N) is 6. The normalized spacial score (nSPS) is 17.9. The number of hydrogen-bond acceptors (Lipinski definition) is 9. The Balaban J connectivity index is 0.000000160. The number of pyridine rings is 2. The minimum absolute atomic E-state index is 0.135. The fourth-order valence-corrected chi connectivity index (χ4v) is 8.26. The van der Waals surface area contributed by atoms with Crippen LogP contribution in [0.5, 0.6) is 0 Å². The van der Waals surface area contributed by atoms with E-state index in [-0.39, 0.29) is 21.4 Å². The molecule has 0 unspecified atom stereocenters. The Morgan fingerprint density at radius 2 is 1.08 bits per heavy atom. The molecule has 0 aromatic carbocycles. The lowest BCUT2D eigenvalue weighted by Gasteiger charge is -2.25. The third-order valence-electron chi connectivity index (χ3n) is 9.81. The van der Waals surface area contributed by atoms with Gasteiger partial charge in [-0.25, -0.2) is 9.97 Å². The monoisotopic (exact) mass is 754 g/mol. The first-order valence-electron chi connectivity index (χ1n) is 17.7. The quantitative estimate of drug-likeness (QED) is 0.146. The van der Waals surface area contributed by atoms with E-state index in [9.17, 15) is 0 Å². The molecule has 0 radical (unpaired) electrons. The third kappa shape index (κ3) is 10.7. The number of aryl methyl sites for hydroxylation is 1. The maximum atomic E-state index is 6.25. The van der Waals surface area contributed by atoms with Crippen LogP contribution < -0.4 is 11.5 Å². The van der Waals surface area contributed by atoms with Crippen molar-refractivity contribution in [2.24, 2.45) is 10.8 Å². The number of aromatic nitrogens is 6. The topological polar surface area (TPSA) is 141 Å². The van der Waals surface area contributed by atoms with Crippen LogP contribution in [0.25, 0.3) is 22.3 Å². The zero-order chi connectivity index (χ0) is 36.9. The molecule has 2 saturated carbocycles. The standard InChI is InChI=1S/C16H21ClN4.C15H18Cl2N4.C3H9B3O3/c1-11-7-13(18)14(15(17)20-11)12-8-19-21(9-12)10-16(2)5-3-4-6-16;1-15(4-2-3-5-15)9-21-8-10(7-19-21)13-11(18)6-12(16)20-14(13)17;1-4-7-5(2)9-6(3)8-4/h7-9H,3-6,10H2,1-2H3,(H2,18,20);6-8H,2-5,9H2,1H3,(H2,18,20);1-3H3. The van der Waals surface area contributed by atoms with Crippen molar-refractivity contribution in [2.45, 2.75) is 106 Å². The molecule has 0 atom stereocenters. The van der Waals surface area contributed by atoms with E-state index in [4.69, 9.17) is 60.0 Å². The second kappa shape index (κ2) is 16.9. The highest BCUT2D eigenvalue weighted by atomic mass is 35.5. The van der Waals surface area contributed by atoms with Crippen LogP contribution in [0.15, 0.2) is 36.9 Å². The summed E-state index contributed by atoms with van der Waals surface area (Å²) < 4.78 is 19.3. The van der Waals surface area contributed by atoms with Gasteiger partial charge in [0, 0.05) is 64.8 Å². The number of nitrogens with two attached hydrogens (primary N) is 2. The fraction of sp³-hybridized carbons (Fsp3) is 0.529. The minimum atomic E-state index is -0.135. The minimum Gasteiger partial charge on any atom is -0.453 e. The summed E-state index contributed by atoms with van der Waals surface area (Å²) in [4.78, 5) is 8.34. The molecule has 0 bridgehead atoms. The van der Waals surface area contributed by atoms with Gasteiger partial charge in [-0.1, -0.05) is 74.3 Å². The molecule has 272 valence electrons. The second-order valence-corrected chi connectivity index (χ2v) is 15.8. The van der Waals surface area contributed by atoms with E-state index in [1.54, 1.807) is 12.3 Å². The molecule has 3 fully saturated rings. The van der Waals surface area contributed by atoms with E-state index in [1.165, 1.54) is 51.4 Å². The predicted octanol–water partition coefficient (Wildman–Crippen LogP) is 8.89. The van der Waals surface area contributed by atoms with Crippen molar-refractivity contribution in [1.29, 1.82) is 0 Å². The molecule has 5 heterocycles. The molecule has 51 heavy (non-hydrogen) atoms. The van der Waals surface area contributed by atoms with Crippen LogP contribution in [0.2, 0.25) is 35.9 Å². The zero-order valence-electron chi connectivity index (χ0n) is 30.5. The molecule has 4 N–H and O–H groups in total. The van der Waals surface area contributed by atoms with Gasteiger partial charge in [-0.3, -0.25) is 9.36 Å². The first kappa shape index (κ1) is 39.5. The van der Waals surface area contributed by atoms with Crippen molar-refractivity contribution < 1.29 is 13.7 Å². The van der Waals surface area contributed by atoms with Gasteiger partial charge in [-0.05, 0) is 76.0 Å². The van der Waals surface area contributed by atoms with E-state index < -0.39 is 0 Å². The van der Waals surface area contributed by atoms with E-state index in [2.05, 4.69) is 34.0 Å². The number of halogens is 3. The smallest absolute Gasteiger partial charge is 0.426 e. The van der Waals surface area contributed by atoms with Crippen LogP contribution in [0.4, 0.5) is 11.4 Å². The Bertz CT molecular complexity index is 1600. The number of anilines is 2. The maximum Gasteiger partial charge on any atom is 0.426 e. The molecular formula is C34H48B3Cl3N8O3. The van der Waals surface area contributed by atoms with Crippen LogP contribution in [0.1, 0.15) is 70.9 Å². The van der Waals surface area contributed by atoms with E-state index in [0.29, 0.717) is 43.2 Å². The highest BCUT2D eigenvalue weighted by Crippen LogP contribution is 2.41. The van der Waals surface area contributed by atoms with Crippen molar-refractivity contribution in [3.8, 4) is 22.3 Å². The number of nitrogen functional groups attached to an aromatic ring is 2. The highest BCUT2D eigenvalue weighted by Gasteiger charge is 2.32. The van der Waals surface area contributed by atoms with Crippen LogP contribution >= 0.6 is 34.8 Å². The molecule has 7 rings (SSSR count). The summed E-state index contributed by atoms with van der Waals surface area (Å²) in [6.07, 6.45) is 18.0. The lowest BCUT2D eigenvalue weighted by atomic mass is 9.74. The molecule has 17 heteroatoms. The van der Waals surface area contributed by atoms with Crippen LogP contribution in [0, 0.1) is 17.8 Å². The fourth-order valence-electron chi connectivity index (χ4n) is 7.35. The maximum absolute atomic E-state index is 6.25. The predicted molar refractivity (Wildman–Crippen MR) is 211 cm³/mol. The van der Waals surface area contributed by atoms with E-state index in [0.717, 1.165) is 35.5 Å². The average molecular weight is 756 g/mol. The van der Waals surface area contributed by atoms with E-state index >= 15 is 0 Å². The van der Waals surface area contributed by atoms with Crippen molar-refractivity contribution in [3.05, 3.63) is 58.1 Å². The first-order valence-corrected chi connectivity index (χ1v) is 18.8. The van der Waals surface area contributed by atoms with Crippen LogP contribution in [-0.4, -0.2) is 50.9 Å². The molecule has 11 nitrogen and oxygen atoms in total. The SMILES string of the molecule is CB1OB(C)OB(C)O1.CC1(Cn2cc(-c3c(N)cc(Cl)nc3Cl)cn2)CCCC1.Cc1cc(N)c(-c2cnn(CC3(C)CCCC3)c2)c(Cl)n1. The van der Waals surface area contributed by atoms with Crippen molar-refractivity contribution >= 4 is 67.5 Å². The Labute approximate surface area is 317 Å². The molecule has 1 aliphatic heterocycles. The van der Waals surface area contributed by atoms with Gasteiger partial charge in [0.2, 0.25) is 0 Å². The molecule has 4 aromatic heterocycles. The molecule has 3 aliphatic rings. The molecule has 4 aromatic rings. The summed E-state index contributed by atoms with van der Waals surface area (Å²) in [6, 6.07) is 3.45. The summed E-state index contributed by atoms with van der Waals surface area (Å²) >= 11 is 18.3. The second-order valence-electron chi connectivity index (χ2n) is 14.7. The zero-order valence-corrected chi connectivity index (χ0v) is 32.7. The van der Waals surface area contributed by atoms with Gasteiger partial charge in [-0.2, -0.15) is 10.2 Å². The van der Waals surface area contributed by atoms with Crippen LogP contribution in [0.3, 0.4) is 0 Å². The van der Waals surface area contributed by atoms with Gasteiger partial charge >= 0.3 is 21.4 Å². The molecule has 0 spiro atoms. The Morgan fingerprint density at radius 3 is 1.47 bits per heavy atom. The molecule has 2 aliphatic carbocycles. The lowest BCUT2D eigenvalue weighted by Crippen LogP contribution is -2.44. The van der Waals surface area contributed by atoms with Crippen molar-refractivity contribution in [1.82, 2.24) is 29.5 Å². The van der Waals surface area contributed by atoms with Gasteiger partial charge in [0.1, 0.15) is 15.5 Å². The van der Waals surface area contributed by atoms with Gasteiger partial charge in [0.15, 0.2) is 0 Å². The first-order chi connectivity index (χ1) is 24.1. The Morgan fingerprint density at radius 1 is 0.686 bits per heavy atom. The molecule has 1 saturated heterocycles. The van der Waals surface area contributed by atoms with Gasteiger partial charge in [-0.15, -0.1) is 0 Å². The van der Waals surface area contributed by atoms with Gasteiger partial charge in [0.05, 0.1) is 12.4 Å².